The van der Waals surface area contributed by atoms with Crippen molar-refractivity contribution in [3.8, 4) is 22.3 Å². The second-order valence-corrected chi connectivity index (χ2v) is 9.88. The number of thiazole rings is 1. The van der Waals surface area contributed by atoms with Crippen molar-refractivity contribution in [2.75, 3.05) is 6.54 Å². The molecule has 2 aromatic heterocycles. The number of rotatable bonds is 5. The predicted octanol–water partition coefficient (Wildman–Crippen LogP) is 5.69. The molecule has 1 aromatic carbocycles. The van der Waals surface area contributed by atoms with Crippen LogP contribution >= 0.6 is 27.3 Å². The summed E-state index contributed by atoms with van der Waals surface area (Å²) in [4.78, 5) is 23.0. The summed E-state index contributed by atoms with van der Waals surface area (Å²) in [6.07, 6.45) is 2.03. The Balaban J connectivity index is 1.39. The molecule has 0 aliphatic carbocycles. The molecule has 10 heteroatoms. The Bertz CT molecular complexity index is 1040. The van der Waals surface area contributed by atoms with Gasteiger partial charge in [-0.3, -0.25) is 0 Å². The summed E-state index contributed by atoms with van der Waals surface area (Å²) < 4.78 is 17.4. The molecular formula is C21H23BrN4O4S. The first-order chi connectivity index (χ1) is 14.8. The normalized spacial score (nSPS) is 16.5. The minimum Gasteiger partial charge on any atom is -0.444 e. The highest BCUT2D eigenvalue weighted by Gasteiger charge is 2.33. The number of carbonyl (C=O) groups is 1. The van der Waals surface area contributed by atoms with E-state index in [1.807, 2.05) is 50.4 Å². The van der Waals surface area contributed by atoms with Crippen molar-refractivity contribution in [3.05, 3.63) is 40.1 Å². The van der Waals surface area contributed by atoms with E-state index in [1.165, 1.54) is 11.3 Å². The van der Waals surface area contributed by atoms with Gasteiger partial charge < -0.3 is 18.9 Å². The quantitative estimate of drug-likeness (QED) is 0.438. The molecule has 1 fully saturated rings. The minimum absolute atomic E-state index is 0.00320. The number of benzene rings is 1. The number of hydrogen-bond acceptors (Lipinski definition) is 8. The lowest BCUT2D eigenvalue weighted by molar-refractivity contribution is 0.0222. The van der Waals surface area contributed by atoms with E-state index in [4.69, 9.17) is 14.0 Å². The highest BCUT2D eigenvalue weighted by molar-refractivity contribution is 9.10. The number of amides is 1. The van der Waals surface area contributed by atoms with Gasteiger partial charge in [0.15, 0.2) is 0 Å². The predicted molar refractivity (Wildman–Crippen MR) is 119 cm³/mol. The number of likely N-dealkylation sites (tertiary alicyclic amines) is 1. The Morgan fingerprint density at radius 2 is 2.06 bits per heavy atom. The third-order valence-corrected chi connectivity index (χ3v) is 6.08. The average Bonchev–Trinajstić information content (AvgIpc) is 3.43. The van der Waals surface area contributed by atoms with Gasteiger partial charge in [0.2, 0.25) is 11.7 Å². The summed E-state index contributed by atoms with van der Waals surface area (Å²) in [5.41, 5.74) is 0.298. The minimum atomic E-state index is -0.520. The van der Waals surface area contributed by atoms with Crippen LogP contribution in [0.3, 0.4) is 0 Å². The van der Waals surface area contributed by atoms with E-state index < -0.39 is 5.60 Å². The number of ether oxygens (including phenoxy) is 2. The molecule has 3 aromatic rings. The third kappa shape index (κ3) is 5.62. The summed E-state index contributed by atoms with van der Waals surface area (Å²) in [5, 5.41) is 6.52. The maximum Gasteiger partial charge on any atom is 0.410 e. The molecule has 4 rings (SSSR count). The lowest BCUT2D eigenvalue weighted by Gasteiger charge is -2.28. The molecule has 8 nitrogen and oxygen atoms in total. The highest BCUT2D eigenvalue weighted by Crippen LogP contribution is 2.29. The molecule has 1 atom stereocenters. The van der Waals surface area contributed by atoms with Crippen LogP contribution in [-0.4, -0.2) is 44.3 Å². The summed E-state index contributed by atoms with van der Waals surface area (Å²) in [5.74, 6) is 1.68. The van der Waals surface area contributed by atoms with Crippen molar-refractivity contribution in [2.24, 2.45) is 0 Å². The van der Waals surface area contributed by atoms with E-state index in [0.717, 1.165) is 23.0 Å². The van der Waals surface area contributed by atoms with Gasteiger partial charge in [0.25, 0.3) is 5.19 Å². The van der Waals surface area contributed by atoms with Crippen LogP contribution in [0.25, 0.3) is 11.4 Å². The summed E-state index contributed by atoms with van der Waals surface area (Å²) in [7, 11) is 0. The van der Waals surface area contributed by atoms with Gasteiger partial charge in [-0.15, -0.1) is 0 Å². The number of halogens is 1. The molecule has 1 aliphatic rings. The van der Waals surface area contributed by atoms with Crippen LogP contribution in [0.2, 0.25) is 0 Å². The van der Waals surface area contributed by atoms with E-state index in [0.29, 0.717) is 35.6 Å². The van der Waals surface area contributed by atoms with Gasteiger partial charge >= 0.3 is 6.09 Å². The van der Waals surface area contributed by atoms with E-state index in [1.54, 1.807) is 4.90 Å². The first-order valence-corrected chi connectivity index (χ1v) is 11.7. The standard InChI is InChI=1S/C21H23BrN4O4S/c1-21(2,3)29-20(27)26-10-4-5-14(26)11-17-24-18(25-30-17)13-6-8-15(9-7-13)28-19-23-16(22)12-31-19/h6-9,12,14H,4-5,10-11H2,1-3H3/t14-/m0/s1. The molecule has 1 aliphatic heterocycles. The zero-order valence-corrected chi connectivity index (χ0v) is 19.9. The van der Waals surface area contributed by atoms with Crippen LogP contribution in [0.15, 0.2) is 38.8 Å². The fourth-order valence-corrected chi connectivity index (χ4v) is 4.43. The van der Waals surface area contributed by atoms with Crippen molar-refractivity contribution in [2.45, 2.75) is 51.7 Å². The maximum atomic E-state index is 12.5. The molecule has 31 heavy (non-hydrogen) atoms. The van der Waals surface area contributed by atoms with E-state index >= 15 is 0 Å². The Hall–Kier alpha value is -2.46. The van der Waals surface area contributed by atoms with Crippen molar-refractivity contribution >= 4 is 33.4 Å². The summed E-state index contributed by atoms with van der Waals surface area (Å²) in [6, 6.07) is 7.41. The fraction of sp³-hybridized carbons (Fsp3) is 0.429. The molecule has 0 N–H and O–H groups in total. The maximum absolute atomic E-state index is 12.5. The Labute approximate surface area is 192 Å². The molecule has 164 valence electrons. The highest BCUT2D eigenvalue weighted by atomic mass is 79.9. The molecule has 1 amide bonds. The Morgan fingerprint density at radius 1 is 1.29 bits per heavy atom. The van der Waals surface area contributed by atoms with E-state index in [9.17, 15) is 4.79 Å². The van der Waals surface area contributed by atoms with Gasteiger partial charge in [-0.25, -0.2) is 4.79 Å². The van der Waals surface area contributed by atoms with Gasteiger partial charge in [-0.1, -0.05) is 16.5 Å². The Morgan fingerprint density at radius 3 is 2.74 bits per heavy atom. The molecule has 0 unspecified atom stereocenters. The van der Waals surface area contributed by atoms with Gasteiger partial charge in [0.1, 0.15) is 16.0 Å². The summed E-state index contributed by atoms with van der Waals surface area (Å²) in [6.45, 7) is 6.28. The van der Waals surface area contributed by atoms with Crippen LogP contribution in [0, 0.1) is 0 Å². The van der Waals surface area contributed by atoms with Crippen LogP contribution in [0.4, 0.5) is 4.79 Å². The first kappa shape index (κ1) is 21.8. The monoisotopic (exact) mass is 506 g/mol. The zero-order valence-electron chi connectivity index (χ0n) is 17.5. The molecule has 1 saturated heterocycles. The number of nitrogens with zero attached hydrogens (tertiary/aromatic N) is 4. The van der Waals surface area contributed by atoms with Gasteiger partial charge in [0, 0.05) is 30.0 Å². The lowest BCUT2D eigenvalue weighted by Crippen LogP contribution is -2.40. The topological polar surface area (TPSA) is 90.6 Å². The number of carbonyl (C=O) groups excluding carboxylic acids is 1. The van der Waals surface area contributed by atoms with Crippen molar-refractivity contribution in [3.63, 3.8) is 0 Å². The largest absolute Gasteiger partial charge is 0.444 e. The molecular weight excluding hydrogens is 484 g/mol. The van der Waals surface area contributed by atoms with Crippen LogP contribution < -0.4 is 4.74 Å². The second-order valence-electron chi connectivity index (χ2n) is 8.25. The average molecular weight is 507 g/mol. The van der Waals surface area contributed by atoms with Gasteiger partial charge in [0.05, 0.1) is 0 Å². The lowest BCUT2D eigenvalue weighted by atomic mass is 10.1. The van der Waals surface area contributed by atoms with Crippen molar-refractivity contribution < 1.29 is 18.8 Å². The van der Waals surface area contributed by atoms with E-state index in [-0.39, 0.29) is 12.1 Å². The van der Waals surface area contributed by atoms with Crippen LogP contribution in [0.1, 0.15) is 39.5 Å². The molecule has 0 spiro atoms. The van der Waals surface area contributed by atoms with Crippen LogP contribution in [-0.2, 0) is 11.2 Å². The molecule has 3 heterocycles. The Kier molecular flexibility index (Phi) is 6.29. The number of aromatic nitrogens is 3. The van der Waals surface area contributed by atoms with E-state index in [2.05, 4.69) is 31.1 Å². The second kappa shape index (κ2) is 8.96. The van der Waals surface area contributed by atoms with Crippen LogP contribution in [0.5, 0.6) is 10.9 Å². The number of hydrogen-bond donors (Lipinski definition) is 0. The van der Waals surface area contributed by atoms with Crippen molar-refractivity contribution in [1.29, 1.82) is 0 Å². The molecule has 0 saturated carbocycles. The van der Waals surface area contributed by atoms with Gasteiger partial charge in [-0.2, -0.15) is 9.97 Å². The third-order valence-electron chi connectivity index (χ3n) is 4.66. The first-order valence-electron chi connectivity index (χ1n) is 9.98. The van der Waals surface area contributed by atoms with Gasteiger partial charge in [-0.05, 0) is 73.8 Å². The van der Waals surface area contributed by atoms with Crippen molar-refractivity contribution in [1.82, 2.24) is 20.0 Å². The fourth-order valence-electron chi connectivity index (χ4n) is 3.32. The SMILES string of the molecule is CC(C)(C)OC(=O)N1CCC[C@H]1Cc1nc(-c2ccc(Oc3nc(Br)cs3)cc2)no1. The molecule has 0 bridgehead atoms. The molecule has 0 radical (unpaired) electrons. The summed E-state index contributed by atoms with van der Waals surface area (Å²) >= 11 is 4.72. The zero-order chi connectivity index (χ0) is 22.0. The smallest absolute Gasteiger partial charge is 0.410 e.